The molecule has 17 heavy (non-hydrogen) atoms. The van der Waals surface area contributed by atoms with E-state index in [9.17, 15) is 4.79 Å². The number of nitrogens with two attached hydrogens (primary N) is 1. The van der Waals surface area contributed by atoms with E-state index < -0.39 is 0 Å². The Morgan fingerprint density at radius 2 is 1.94 bits per heavy atom. The van der Waals surface area contributed by atoms with Crippen molar-refractivity contribution in [3.05, 3.63) is 0 Å². The predicted octanol–water partition coefficient (Wildman–Crippen LogP) is 2.06. The average Bonchev–Trinajstić information content (AvgIpc) is 3.16. The van der Waals surface area contributed by atoms with Crippen molar-refractivity contribution in [1.29, 1.82) is 0 Å². The molecule has 2 atom stereocenters. The lowest BCUT2D eigenvalue weighted by atomic mass is 9.85. The smallest absolute Gasteiger partial charge is 0.223 e. The highest BCUT2D eigenvalue weighted by molar-refractivity contribution is 5.81. The Morgan fingerprint density at radius 1 is 1.18 bits per heavy atom. The van der Waals surface area contributed by atoms with Gasteiger partial charge < -0.3 is 11.1 Å². The predicted molar refractivity (Wildman–Crippen MR) is 69.5 cm³/mol. The number of amides is 1. The molecule has 0 aliphatic heterocycles. The van der Waals surface area contributed by atoms with Gasteiger partial charge in [-0.3, -0.25) is 4.79 Å². The van der Waals surface area contributed by atoms with Crippen LogP contribution < -0.4 is 11.1 Å². The summed E-state index contributed by atoms with van der Waals surface area (Å²) in [5.41, 5.74) is 5.42. The van der Waals surface area contributed by atoms with Gasteiger partial charge in [0.2, 0.25) is 5.91 Å². The molecule has 0 saturated heterocycles. The van der Waals surface area contributed by atoms with E-state index in [0.717, 1.165) is 38.3 Å². The number of carbonyl (C=O) groups excluding carboxylic acids is 1. The highest BCUT2D eigenvalue weighted by Crippen LogP contribution is 2.49. The molecule has 0 heterocycles. The van der Waals surface area contributed by atoms with Gasteiger partial charge in [-0.2, -0.15) is 0 Å². The van der Waals surface area contributed by atoms with Crippen LogP contribution in [0, 0.1) is 17.8 Å². The van der Waals surface area contributed by atoms with Gasteiger partial charge in [0, 0.05) is 12.5 Å². The third-order valence-electron chi connectivity index (χ3n) is 4.36. The fraction of sp³-hybridized carbons (Fsp3) is 0.929. The van der Waals surface area contributed by atoms with Gasteiger partial charge in [-0.05, 0) is 37.6 Å². The summed E-state index contributed by atoms with van der Waals surface area (Å²) in [6.07, 6.45) is 10.1. The van der Waals surface area contributed by atoms with Crippen LogP contribution in [0.15, 0.2) is 0 Å². The van der Waals surface area contributed by atoms with Gasteiger partial charge in [-0.15, -0.1) is 0 Å². The summed E-state index contributed by atoms with van der Waals surface area (Å²) in [5.74, 6) is 2.21. The maximum Gasteiger partial charge on any atom is 0.223 e. The van der Waals surface area contributed by atoms with Crippen molar-refractivity contribution in [2.75, 3.05) is 13.1 Å². The first kappa shape index (κ1) is 12.9. The van der Waals surface area contributed by atoms with Gasteiger partial charge >= 0.3 is 0 Å². The molecule has 1 amide bonds. The van der Waals surface area contributed by atoms with Crippen LogP contribution in [0.3, 0.4) is 0 Å². The Kier molecular flexibility index (Phi) is 4.84. The molecule has 2 fully saturated rings. The quantitative estimate of drug-likeness (QED) is 0.696. The molecule has 0 aromatic carbocycles. The van der Waals surface area contributed by atoms with Crippen molar-refractivity contribution >= 4 is 5.91 Å². The minimum atomic E-state index is 0.303. The summed E-state index contributed by atoms with van der Waals surface area (Å²) in [6, 6.07) is 0. The third kappa shape index (κ3) is 3.70. The molecule has 2 unspecified atom stereocenters. The van der Waals surface area contributed by atoms with Crippen LogP contribution in [-0.2, 0) is 4.79 Å². The molecule has 2 saturated carbocycles. The highest BCUT2D eigenvalue weighted by atomic mass is 16.2. The second-order valence-corrected chi connectivity index (χ2v) is 5.69. The summed E-state index contributed by atoms with van der Waals surface area (Å²) in [7, 11) is 0. The zero-order valence-corrected chi connectivity index (χ0v) is 10.8. The number of hydrogen-bond donors (Lipinski definition) is 2. The van der Waals surface area contributed by atoms with Crippen LogP contribution in [0.5, 0.6) is 0 Å². The van der Waals surface area contributed by atoms with Crippen LogP contribution in [-0.4, -0.2) is 19.0 Å². The van der Waals surface area contributed by atoms with E-state index in [-0.39, 0.29) is 0 Å². The Balaban J connectivity index is 1.62. The zero-order chi connectivity index (χ0) is 12.1. The van der Waals surface area contributed by atoms with Gasteiger partial charge in [0.05, 0.1) is 0 Å². The second kappa shape index (κ2) is 6.39. The highest BCUT2D eigenvalue weighted by Gasteiger charge is 2.47. The molecular weight excluding hydrogens is 212 g/mol. The van der Waals surface area contributed by atoms with Gasteiger partial charge in [0.25, 0.3) is 0 Å². The number of nitrogens with one attached hydrogen (secondary N) is 1. The van der Waals surface area contributed by atoms with E-state index in [2.05, 4.69) is 5.32 Å². The Morgan fingerprint density at radius 3 is 2.65 bits per heavy atom. The largest absolute Gasteiger partial charge is 0.356 e. The van der Waals surface area contributed by atoms with E-state index in [0.29, 0.717) is 17.7 Å². The minimum Gasteiger partial charge on any atom is -0.356 e. The summed E-state index contributed by atoms with van der Waals surface area (Å²) in [6.45, 7) is 1.54. The fourth-order valence-corrected chi connectivity index (χ4v) is 3.21. The number of hydrogen-bond acceptors (Lipinski definition) is 2. The van der Waals surface area contributed by atoms with Crippen molar-refractivity contribution in [3.63, 3.8) is 0 Å². The molecular formula is C14H26N2O. The van der Waals surface area contributed by atoms with Gasteiger partial charge in [-0.1, -0.05) is 32.1 Å². The molecule has 0 aromatic heterocycles. The average molecular weight is 238 g/mol. The molecule has 3 N–H and O–H groups in total. The molecule has 2 aliphatic carbocycles. The summed E-state index contributed by atoms with van der Waals surface area (Å²) in [4.78, 5) is 11.9. The van der Waals surface area contributed by atoms with E-state index in [1.165, 1.54) is 32.1 Å². The molecule has 3 heteroatoms. The Hall–Kier alpha value is -0.570. The molecule has 2 aliphatic rings. The monoisotopic (exact) mass is 238 g/mol. The molecule has 2 rings (SSSR count). The van der Waals surface area contributed by atoms with Crippen LogP contribution in [0.4, 0.5) is 0 Å². The van der Waals surface area contributed by atoms with Gasteiger partial charge in [-0.25, -0.2) is 0 Å². The van der Waals surface area contributed by atoms with Crippen molar-refractivity contribution in [2.24, 2.45) is 23.5 Å². The Bertz CT molecular complexity index is 249. The first-order valence-electron chi connectivity index (χ1n) is 7.30. The maximum atomic E-state index is 11.9. The van der Waals surface area contributed by atoms with Crippen LogP contribution in [0.2, 0.25) is 0 Å². The van der Waals surface area contributed by atoms with E-state index in [1.54, 1.807) is 0 Å². The van der Waals surface area contributed by atoms with Crippen LogP contribution >= 0.6 is 0 Å². The topological polar surface area (TPSA) is 55.1 Å². The first-order valence-corrected chi connectivity index (χ1v) is 7.30. The SMILES string of the molecule is NCCCCNC(=O)C1CC1C1CCCCC1. The zero-order valence-electron chi connectivity index (χ0n) is 10.8. The lowest BCUT2D eigenvalue weighted by Gasteiger charge is -2.21. The first-order chi connectivity index (χ1) is 8.33. The lowest BCUT2D eigenvalue weighted by Crippen LogP contribution is -2.27. The normalized spacial score (nSPS) is 29.0. The molecule has 98 valence electrons. The summed E-state index contributed by atoms with van der Waals surface area (Å²) >= 11 is 0. The molecule has 0 radical (unpaired) electrons. The second-order valence-electron chi connectivity index (χ2n) is 5.69. The molecule has 0 spiro atoms. The van der Waals surface area contributed by atoms with Gasteiger partial charge in [0.1, 0.15) is 0 Å². The van der Waals surface area contributed by atoms with E-state index in [4.69, 9.17) is 5.73 Å². The van der Waals surface area contributed by atoms with Gasteiger partial charge in [0.15, 0.2) is 0 Å². The van der Waals surface area contributed by atoms with E-state index in [1.807, 2.05) is 0 Å². The van der Waals surface area contributed by atoms with Crippen molar-refractivity contribution < 1.29 is 4.79 Å². The van der Waals surface area contributed by atoms with Crippen molar-refractivity contribution in [1.82, 2.24) is 5.32 Å². The van der Waals surface area contributed by atoms with Crippen LogP contribution in [0.25, 0.3) is 0 Å². The Labute approximate surface area is 105 Å². The fourth-order valence-electron chi connectivity index (χ4n) is 3.21. The number of unbranched alkanes of at least 4 members (excludes halogenated alkanes) is 1. The third-order valence-corrected chi connectivity index (χ3v) is 4.36. The number of carbonyl (C=O) groups is 1. The minimum absolute atomic E-state index is 0.303. The maximum absolute atomic E-state index is 11.9. The van der Waals surface area contributed by atoms with Crippen molar-refractivity contribution in [2.45, 2.75) is 51.4 Å². The summed E-state index contributed by atoms with van der Waals surface area (Å²) < 4.78 is 0. The molecule has 3 nitrogen and oxygen atoms in total. The standard InChI is InChI=1S/C14H26N2O/c15-8-4-5-9-16-14(17)13-10-12(13)11-6-2-1-3-7-11/h11-13H,1-10,15H2,(H,16,17). The van der Waals surface area contributed by atoms with Crippen LogP contribution in [0.1, 0.15) is 51.4 Å². The lowest BCUT2D eigenvalue weighted by molar-refractivity contribution is -0.122. The van der Waals surface area contributed by atoms with Crippen molar-refractivity contribution in [3.8, 4) is 0 Å². The summed E-state index contributed by atoms with van der Waals surface area (Å²) in [5, 5.41) is 3.05. The number of rotatable bonds is 6. The van der Waals surface area contributed by atoms with E-state index >= 15 is 0 Å². The molecule has 0 aromatic rings. The molecule has 0 bridgehead atoms.